The van der Waals surface area contributed by atoms with E-state index in [0.29, 0.717) is 67.3 Å². The molecule has 0 heterocycles. The molecule has 0 unspecified atom stereocenters. The number of hydrogen-bond acceptors (Lipinski definition) is 6. The zero-order valence-corrected chi connectivity index (χ0v) is 17.4. The first-order valence-corrected chi connectivity index (χ1v) is 9.74. The van der Waals surface area contributed by atoms with Crippen LogP contribution in [-0.2, 0) is 0 Å². The third-order valence-corrected chi connectivity index (χ3v) is 3.89. The van der Waals surface area contributed by atoms with Crippen LogP contribution in [0.3, 0.4) is 0 Å². The molecule has 0 saturated heterocycles. The van der Waals surface area contributed by atoms with Gasteiger partial charge in [0.15, 0.2) is 23.0 Å². The Morgan fingerprint density at radius 3 is 1.97 bits per heavy atom. The van der Waals surface area contributed by atoms with Gasteiger partial charge in [-0.15, -0.1) is 0 Å². The van der Waals surface area contributed by atoms with Gasteiger partial charge >= 0.3 is 0 Å². The molecular weight excluding hydrogens is 374 g/mol. The highest BCUT2D eigenvalue weighted by Crippen LogP contribution is 2.39. The molecule has 29 heavy (non-hydrogen) atoms. The summed E-state index contributed by atoms with van der Waals surface area (Å²) in [5, 5.41) is 2.84. The number of benzene rings is 2. The van der Waals surface area contributed by atoms with Gasteiger partial charge in [-0.25, -0.2) is 0 Å². The second-order valence-electron chi connectivity index (χ2n) is 5.86. The Morgan fingerprint density at radius 1 is 0.828 bits per heavy atom. The lowest BCUT2D eigenvalue weighted by Crippen LogP contribution is -2.28. The van der Waals surface area contributed by atoms with Gasteiger partial charge in [-0.2, -0.15) is 0 Å². The summed E-state index contributed by atoms with van der Waals surface area (Å²) in [6, 6.07) is 10.7. The van der Waals surface area contributed by atoms with Gasteiger partial charge in [0.25, 0.3) is 5.91 Å². The summed E-state index contributed by atoms with van der Waals surface area (Å²) in [5.41, 5.74) is 0.428. The van der Waals surface area contributed by atoms with Crippen molar-refractivity contribution in [2.75, 3.05) is 40.1 Å². The Kier molecular flexibility index (Phi) is 8.95. The maximum absolute atomic E-state index is 12.6. The fraction of sp³-hybridized carbons (Fsp3) is 0.409. The third kappa shape index (κ3) is 6.20. The monoisotopic (exact) mass is 403 g/mol. The normalized spacial score (nSPS) is 10.2. The Balaban J connectivity index is 2.05. The molecule has 158 valence electrons. The van der Waals surface area contributed by atoms with E-state index in [4.69, 9.17) is 23.7 Å². The molecule has 0 radical (unpaired) electrons. The Hall–Kier alpha value is -3.09. The first-order valence-electron chi connectivity index (χ1n) is 9.74. The van der Waals surface area contributed by atoms with Crippen LogP contribution in [0.15, 0.2) is 36.4 Å². The maximum atomic E-state index is 12.6. The van der Waals surface area contributed by atoms with Gasteiger partial charge in [-0.05, 0) is 45.0 Å². The Bertz CT molecular complexity index is 766. The quantitative estimate of drug-likeness (QED) is 0.545. The van der Waals surface area contributed by atoms with Crippen molar-refractivity contribution in [1.82, 2.24) is 5.32 Å². The molecule has 2 rings (SSSR count). The smallest absolute Gasteiger partial charge is 0.251 e. The minimum atomic E-state index is -0.251. The number of ether oxygens (including phenoxy) is 5. The highest BCUT2D eigenvalue weighted by Gasteiger charge is 2.18. The second kappa shape index (κ2) is 11.7. The number of para-hydroxylation sites is 2. The molecule has 0 saturated carbocycles. The third-order valence-electron chi connectivity index (χ3n) is 3.89. The molecule has 7 nitrogen and oxygen atoms in total. The topological polar surface area (TPSA) is 75.3 Å². The number of carbonyl (C=O) groups is 1. The van der Waals surface area contributed by atoms with Gasteiger partial charge in [0.05, 0.1) is 33.5 Å². The van der Waals surface area contributed by atoms with E-state index in [-0.39, 0.29) is 5.91 Å². The number of methoxy groups -OCH3 is 1. The van der Waals surface area contributed by atoms with E-state index < -0.39 is 0 Å². The molecule has 0 spiro atoms. The van der Waals surface area contributed by atoms with Crippen LogP contribution >= 0.6 is 0 Å². The van der Waals surface area contributed by atoms with Crippen LogP contribution in [-0.4, -0.2) is 46.0 Å². The fourth-order valence-electron chi connectivity index (χ4n) is 2.69. The maximum Gasteiger partial charge on any atom is 0.251 e. The molecule has 7 heteroatoms. The van der Waals surface area contributed by atoms with E-state index in [1.807, 2.05) is 45.0 Å². The van der Waals surface area contributed by atoms with E-state index >= 15 is 0 Å². The number of rotatable bonds is 12. The summed E-state index contributed by atoms with van der Waals surface area (Å²) in [6.45, 7) is 7.63. The van der Waals surface area contributed by atoms with Crippen LogP contribution < -0.4 is 29.0 Å². The van der Waals surface area contributed by atoms with Crippen molar-refractivity contribution in [1.29, 1.82) is 0 Å². The number of hydrogen-bond donors (Lipinski definition) is 1. The van der Waals surface area contributed by atoms with E-state index in [2.05, 4.69) is 5.32 Å². The molecule has 0 atom stereocenters. The standard InChI is InChI=1S/C22H29NO6/c1-5-26-19-14-16(15-20(27-6-2)21(19)28-7-3)22(24)23-12-13-29-18-11-9-8-10-17(18)25-4/h8-11,14-15H,5-7,12-13H2,1-4H3,(H,23,24). The minimum absolute atomic E-state index is 0.251. The zero-order chi connectivity index (χ0) is 21.1. The van der Waals surface area contributed by atoms with Crippen LogP contribution in [0.5, 0.6) is 28.7 Å². The summed E-state index contributed by atoms with van der Waals surface area (Å²) in [6.07, 6.45) is 0. The van der Waals surface area contributed by atoms with Crippen LogP contribution in [0.4, 0.5) is 0 Å². The molecule has 1 N–H and O–H groups in total. The summed E-state index contributed by atoms with van der Waals surface area (Å²) in [4.78, 5) is 12.6. The average Bonchev–Trinajstić information content (AvgIpc) is 2.73. The van der Waals surface area contributed by atoms with Crippen LogP contribution in [0.25, 0.3) is 0 Å². The van der Waals surface area contributed by atoms with Gasteiger partial charge < -0.3 is 29.0 Å². The van der Waals surface area contributed by atoms with Crippen molar-refractivity contribution in [3.8, 4) is 28.7 Å². The van der Waals surface area contributed by atoms with Crippen molar-refractivity contribution < 1.29 is 28.5 Å². The Morgan fingerprint density at radius 2 is 1.41 bits per heavy atom. The van der Waals surface area contributed by atoms with Crippen molar-refractivity contribution in [3.63, 3.8) is 0 Å². The minimum Gasteiger partial charge on any atom is -0.493 e. The van der Waals surface area contributed by atoms with Crippen molar-refractivity contribution in [2.45, 2.75) is 20.8 Å². The molecule has 0 aliphatic carbocycles. The lowest BCUT2D eigenvalue weighted by atomic mass is 10.1. The van der Waals surface area contributed by atoms with E-state index in [1.165, 1.54) is 0 Å². The molecule has 2 aromatic rings. The SMILES string of the molecule is CCOc1cc(C(=O)NCCOc2ccccc2OC)cc(OCC)c1OCC. The van der Waals surface area contributed by atoms with Crippen LogP contribution in [0, 0.1) is 0 Å². The summed E-state index contributed by atoms with van der Waals surface area (Å²) >= 11 is 0. The van der Waals surface area contributed by atoms with Gasteiger partial charge in [-0.1, -0.05) is 12.1 Å². The van der Waals surface area contributed by atoms with Crippen LogP contribution in [0.2, 0.25) is 0 Å². The average molecular weight is 403 g/mol. The largest absolute Gasteiger partial charge is 0.493 e. The first-order chi connectivity index (χ1) is 14.1. The summed E-state index contributed by atoms with van der Waals surface area (Å²) < 4.78 is 27.9. The number of nitrogens with one attached hydrogen (secondary N) is 1. The van der Waals surface area contributed by atoms with Gasteiger partial charge in [0.2, 0.25) is 5.75 Å². The fourth-order valence-corrected chi connectivity index (χ4v) is 2.69. The summed E-state index contributed by atoms with van der Waals surface area (Å²) in [5.74, 6) is 2.49. The molecule has 1 amide bonds. The Labute approximate surface area is 171 Å². The van der Waals surface area contributed by atoms with E-state index in [1.54, 1.807) is 19.2 Å². The highest BCUT2D eigenvalue weighted by atomic mass is 16.5. The molecular formula is C22H29NO6. The second-order valence-corrected chi connectivity index (χ2v) is 5.86. The molecule has 0 aliphatic rings. The summed E-state index contributed by atoms with van der Waals surface area (Å²) in [7, 11) is 1.59. The van der Waals surface area contributed by atoms with Crippen molar-refractivity contribution >= 4 is 5.91 Å². The van der Waals surface area contributed by atoms with Crippen LogP contribution in [0.1, 0.15) is 31.1 Å². The molecule has 0 fully saturated rings. The first kappa shape index (κ1) is 22.2. The molecule has 0 bridgehead atoms. The lowest BCUT2D eigenvalue weighted by molar-refractivity contribution is 0.0945. The van der Waals surface area contributed by atoms with Gasteiger partial charge in [0, 0.05) is 5.56 Å². The number of amides is 1. The van der Waals surface area contributed by atoms with E-state index in [0.717, 1.165) is 0 Å². The predicted molar refractivity (Wildman–Crippen MR) is 111 cm³/mol. The van der Waals surface area contributed by atoms with Crippen molar-refractivity contribution in [2.24, 2.45) is 0 Å². The number of carbonyl (C=O) groups excluding carboxylic acids is 1. The molecule has 2 aromatic carbocycles. The highest BCUT2D eigenvalue weighted by molar-refractivity contribution is 5.95. The lowest BCUT2D eigenvalue weighted by Gasteiger charge is -2.17. The molecule has 0 aromatic heterocycles. The predicted octanol–water partition coefficient (Wildman–Crippen LogP) is 3.70. The van der Waals surface area contributed by atoms with Gasteiger partial charge in [-0.3, -0.25) is 4.79 Å². The molecule has 0 aliphatic heterocycles. The van der Waals surface area contributed by atoms with Gasteiger partial charge in [0.1, 0.15) is 6.61 Å². The zero-order valence-electron chi connectivity index (χ0n) is 17.4. The van der Waals surface area contributed by atoms with Crippen molar-refractivity contribution in [3.05, 3.63) is 42.0 Å². The van der Waals surface area contributed by atoms with E-state index in [9.17, 15) is 4.79 Å².